The maximum absolute atomic E-state index is 12.9. The molecule has 6 heteroatoms. The van der Waals surface area contributed by atoms with Gasteiger partial charge in [0.2, 0.25) is 0 Å². The Bertz CT molecular complexity index is 1200. The fourth-order valence-corrected chi connectivity index (χ4v) is 3.27. The van der Waals surface area contributed by atoms with Crippen LogP contribution in [0.15, 0.2) is 67.0 Å². The average molecular weight is 387 g/mol. The van der Waals surface area contributed by atoms with Gasteiger partial charge in [0.1, 0.15) is 5.65 Å². The Balaban J connectivity index is 1.68. The van der Waals surface area contributed by atoms with Gasteiger partial charge in [-0.1, -0.05) is 24.3 Å². The summed E-state index contributed by atoms with van der Waals surface area (Å²) >= 11 is 0. The van der Waals surface area contributed by atoms with Crippen molar-refractivity contribution in [2.24, 2.45) is 0 Å². The van der Waals surface area contributed by atoms with Crippen LogP contribution in [0.5, 0.6) is 11.5 Å². The molecule has 6 nitrogen and oxygen atoms in total. The first kappa shape index (κ1) is 18.6. The molecule has 0 bridgehead atoms. The summed E-state index contributed by atoms with van der Waals surface area (Å²) in [5, 5.41) is 2.99. The van der Waals surface area contributed by atoms with E-state index in [-0.39, 0.29) is 5.91 Å². The number of para-hydroxylation sites is 1. The number of carbonyl (C=O) groups is 1. The highest BCUT2D eigenvalue weighted by atomic mass is 16.5. The molecule has 0 aliphatic rings. The van der Waals surface area contributed by atoms with Crippen LogP contribution in [0.2, 0.25) is 0 Å². The molecule has 0 radical (unpaired) electrons. The molecular weight excluding hydrogens is 366 g/mol. The Morgan fingerprint density at radius 3 is 2.55 bits per heavy atom. The van der Waals surface area contributed by atoms with Crippen molar-refractivity contribution in [3.63, 3.8) is 0 Å². The van der Waals surface area contributed by atoms with E-state index in [9.17, 15) is 4.79 Å². The number of nitrogens with zero attached hydrogens (tertiary/aromatic N) is 2. The van der Waals surface area contributed by atoms with Crippen LogP contribution >= 0.6 is 0 Å². The number of hydrogen-bond acceptors (Lipinski definition) is 4. The van der Waals surface area contributed by atoms with Gasteiger partial charge in [-0.25, -0.2) is 4.98 Å². The number of fused-ring (bicyclic) bond motifs is 1. The van der Waals surface area contributed by atoms with Gasteiger partial charge in [0.25, 0.3) is 5.91 Å². The number of methoxy groups -OCH3 is 2. The number of amides is 1. The summed E-state index contributed by atoms with van der Waals surface area (Å²) in [5.41, 5.74) is 4.79. The Morgan fingerprint density at radius 2 is 1.79 bits per heavy atom. The summed E-state index contributed by atoms with van der Waals surface area (Å²) in [4.78, 5) is 17.6. The quantitative estimate of drug-likeness (QED) is 0.544. The maximum Gasteiger partial charge on any atom is 0.255 e. The molecule has 0 fully saturated rings. The van der Waals surface area contributed by atoms with Gasteiger partial charge in [-0.05, 0) is 42.8 Å². The number of ether oxygens (including phenoxy) is 2. The third-order valence-electron chi connectivity index (χ3n) is 4.77. The van der Waals surface area contributed by atoms with E-state index < -0.39 is 0 Å². The summed E-state index contributed by atoms with van der Waals surface area (Å²) in [6.07, 6.45) is 3.92. The van der Waals surface area contributed by atoms with Gasteiger partial charge in [-0.15, -0.1) is 0 Å². The highest BCUT2D eigenvalue weighted by molar-refractivity contribution is 6.06. The molecule has 0 aliphatic carbocycles. The second-order valence-corrected chi connectivity index (χ2v) is 6.62. The maximum atomic E-state index is 12.9. The lowest BCUT2D eigenvalue weighted by molar-refractivity contribution is 0.102. The van der Waals surface area contributed by atoms with Crippen molar-refractivity contribution < 1.29 is 14.3 Å². The lowest BCUT2D eigenvalue weighted by atomic mass is 10.1. The zero-order valence-electron chi connectivity index (χ0n) is 16.5. The molecule has 2 aromatic carbocycles. The lowest BCUT2D eigenvalue weighted by Gasteiger charge is -2.12. The van der Waals surface area contributed by atoms with Gasteiger partial charge in [-0.2, -0.15) is 0 Å². The predicted octanol–water partition coefficient (Wildman–Crippen LogP) is 4.58. The average Bonchev–Trinajstić information content (AvgIpc) is 3.19. The Labute approximate surface area is 168 Å². The molecule has 1 N–H and O–H groups in total. The van der Waals surface area contributed by atoms with Crippen molar-refractivity contribution in [2.75, 3.05) is 19.5 Å². The molecule has 29 heavy (non-hydrogen) atoms. The fraction of sp³-hybridized carbons (Fsp3) is 0.130. The smallest absolute Gasteiger partial charge is 0.255 e. The third-order valence-corrected chi connectivity index (χ3v) is 4.77. The summed E-state index contributed by atoms with van der Waals surface area (Å²) in [6.45, 7) is 2.02. The summed E-state index contributed by atoms with van der Waals surface area (Å²) in [5.74, 6) is 0.840. The molecule has 0 spiro atoms. The van der Waals surface area contributed by atoms with E-state index >= 15 is 0 Å². The van der Waals surface area contributed by atoms with E-state index in [1.807, 2.05) is 60.1 Å². The molecule has 2 heterocycles. The van der Waals surface area contributed by atoms with Gasteiger partial charge in [-0.3, -0.25) is 4.79 Å². The number of nitrogens with one attached hydrogen (secondary N) is 1. The Kier molecular flexibility index (Phi) is 4.91. The summed E-state index contributed by atoms with van der Waals surface area (Å²) in [6, 6.07) is 16.7. The summed E-state index contributed by atoms with van der Waals surface area (Å²) in [7, 11) is 3.10. The second kappa shape index (κ2) is 7.67. The summed E-state index contributed by atoms with van der Waals surface area (Å²) < 4.78 is 12.5. The fourth-order valence-electron chi connectivity index (χ4n) is 3.27. The minimum absolute atomic E-state index is 0.238. The topological polar surface area (TPSA) is 64.9 Å². The van der Waals surface area contributed by atoms with Crippen LogP contribution < -0.4 is 14.8 Å². The second-order valence-electron chi connectivity index (χ2n) is 6.62. The van der Waals surface area contributed by atoms with Crippen LogP contribution in [0.4, 0.5) is 5.69 Å². The number of hydrogen-bond donors (Lipinski definition) is 1. The standard InChI is InChI=1S/C23H21N3O3/c1-15-7-6-12-26-14-19(24-22(15)26)17-8-4-5-9-18(17)25-23(27)16-10-11-20(28-2)21(13-16)29-3/h4-14H,1-3H3,(H,25,27). The van der Waals surface area contributed by atoms with Crippen molar-refractivity contribution in [1.82, 2.24) is 9.38 Å². The third kappa shape index (κ3) is 3.52. The molecule has 0 aliphatic heterocycles. The van der Waals surface area contributed by atoms with E-state index in [0.717, 1.165) is 22.5 Å². The van der Waals surface area contributed by atoms with Crippen molar-refractivity contribution in [2.45, 2.75) is 6.92 Å². The normalized spacial score (nSPS) is 10.7. The molecule has 0 saturated carbocycles. The highest BCUT2D eigenvalue weighted by Gasteiger charge is 2.15. The predicted molar refractivity (Wildman–Crippen MR) is 113 cm³/mol. The first-order valence-corrected chi connectivity index (χ1v) is 9.18. The molecule has 4 rings (SSSR count). The highest BCUT2D eigenvalue weighted by Crippen LogP contribution is 2.30. The van der Waals surface area contributed by atoms with Gasteiger partial charge < -0.3 is 19.2 Å². The number of pyridine rings is 1. The number of carbonyl (C=O) groups excluding carboxylic acids is 1. The zero-order valence-corrected chi connectivity index (χ0v) is 16.5. The van der Waals surface area contributed by atoms with Crippen LogP contribution in [0.1, 0.15) is 15.9 Å². The molecule has 0 atom stereocenters. The van der Waals surface area contributed by atoms with E-state index in [2.05, 4.69) is 5.32 Å². The van der Waals surface area contributed by atoms with Crippen molar-refractivity contribution in [1.29, 1.82) is 0 Å². The van der Waals surface area contributed by atoms with Crippen molar-refractivity contribution in [3.05, 3.63) is 78.1 Å². The van der Waals surface area contributed by atoms with E-state index in [1.54, 1.807) is 32.4 Å². The minimum Gasteiger partial charge on any atom is -0.493 e. The number of aryl methyl sites for hydroxylation is 1. The van der Waals surface area contributed by atoms with Crippen molar-refractivity contribution >= 4 is 17.2 Å². The van der Waals surface area contributed by atoms with Crippen molar-refractivity contribution in [3.8, 4) is 22.8 Å². The molecule has 0 saturated heterocycles. The minimum atomic E-state index is -0.238. The molecule has 4 aromatic rings. The van der Waals surface area contributed by atoms with Crippen LogP contribution in [0.3, 0.4) is 0 Å². The monoisotopic (exact) mass is 387 g/mol. The number of anilines is 1. The van der Waals surface area contributed by atoms with Crippen LogP contribution in [-0.2, 0) is 0 Å². The van der Waals surface area contributed by atoms with Crippen LogP contribution in [0, 0.1) is 6.92 Å². The molecular formula is C23H21N3O3. The first-order chi connectivity index (χ1) is 14.1. The van der Waals surface area contributed by atoms with E-state index in [1.165, 1.54) is 0 Å². The first-order valence-electron chi connectivity index (χ1n) is 9.18. The molecule has 2 aromatic heterocycles. The van der Waals surface area contributed by atoms with Crippen LogP contribution in [0.25, 0.3) is 16.9 Å². The molecule has 1 amide bonds. The number of rotatable bonds is 5. The SMILES string of the molecule is COc1ccc(C(=O)Nc2ccccc2-c2cn3cccc(C)c3n2)cc1OC. The lowest BCUT2D eigenvalue weighted by Crippen LogP contribution is -2.13. The number of imidazole rings is 1. The largest absolute Gasteiger partial charge is 0.493 e. The van der Waals surface area contributed by atoms with Gasteiger partial charge in [0, 0.05) is 23.5 Å². The molecule has 0 unspecified atom stereocenters. The van der Waals surface area contributed by atoms with Gasteiger partial charge >= 0.3 is 0 Å². The van der Waals surface area contributed by atoms with Gasteiger partial charge in [0.05, 0.1) is 25.6 Å². The Morgan fingerprint density at radius 1 is 1.00 bits per heavy atom. The Hall–Kier alpha value is -3.80. The van der Waals surface area contributed by atoms with E-state index in [0.29, 0.717) is 22.7 Å². The van der Waals surface area contributed by atoms with Crippen LogP contribution in [-0.4, -0.2) is 29.5 Å². The zero-order chi connectivity index (χ0) is 20.4. The van der Waals surface area contributed by atoms with E-state index in [4.69, 9.17) is 14.5 Å². The molecule has 146 valence electrons. The number of benzene rings is 2. The van der Waals surface area contributed by atoms with Gasteiger partial charge in [0.15, 0.2) is 11.5 Å². The number of aromatic nitrogens is 2.